The van der Waals surface area contributed by atoms with Crippen LogP contribution in [0.15, 0.2) is 24.3 Å². The van der Waals surface area contributed by atoms with Crippen molar-refractivity contribution in [1.82, 2.24) is 5.32 Å². The Labute approximate surface area is 105 Å². The van der Waals surface area contributed by atoms with Gasteiger partial charge in [0.1, 0.15) is 5.75 Å². The van der Waals surface area contributed by atoms with Gasteiger partial charge in [-0.2, -0.15) is 0 Å². The van der Waals surface area contributed by atoms with Crippen molar-refractivity contribution in [3.05, 3.63) is 29.8 Å². The van der Waals surface area contributed by atoms with Crippen LogP contribution in [0.1, 0.15) is 26.3 Å². The molecule has 1 N–H and O–H groups in total. The fourth-order valence-corrected chi connectivity index (χ4v) is 2.54. The highest BCUT2D eigenvalue weighted by molar-refractivity contribution is 5.27. The van der Waals surface area contributed by atoms with Gasteiger partial charge >= 0.3 is 0 Å². The summed E-state index contributed by atoms with van der Waals surface area (Å²) < 4.78 is 5.17. The molecule has 0 radical (unpaired) electrons. The molecule has 0 aromatic heterocycles. The van der Waals surface area contributed by atoms with E-state index in [1.54, 1.807) is 7.11 Å². The Balaban J connectivity index is 2.63. The number of benzene rings is 1. The van der Waals surface area contributed by atoms with Gasteiger partial charge in [0.05, 0.1) is 7.11 Å². The summed E-state index contributed by atoms with van der Waals surface area (Å²) in [4.78, 5) is 0. The molecule has 2 unspecified atom stereocenters. The molecule has 0 aliphatic heterocycles. The van der Waals surface area contributed by atoms with Crippen molar-refractivity contribution >= 4 is 0 Å². The molecule has 0 aliphatic rings. The standard InChI is InChI=1S/C15H25NO/c1-11(2)15(16-4)12(3)10-13-6-8-14(17-5)9-7-13/h6-9,11-12,15-16H,10H2,1-5H3. The van der Waals surface area contributed by atoms with E-state index in [1.807, 2.05) is 12.1 Å². The van der Waals surface area contributed by atoms with Crippen molar-refractivity contribution in [2.24, 2.45) is 11.8 Å². The number of hydrogen-bond acceptors (Lipinski definition) is 2. The lowest BCUT2D eigenvalue weighted by Gasteiger charge is -2.27. The van der Waals surface area contributed by atoms with Gasteiger partial charge < -0.3 is 10.1 Å². The molecule has 2 atom stereocenters. The molecule has 0 aliphatic carbocycles. The summed E-state index contributed by atoms with van der Waals surface area (Å²) in [5.74, 6) is 2.22. The molecule has 0 saturated heterocycles. The molecule has 1 aromatic carbocycles. The van der Waals surface area contributed by atoms with Crippen LogP contribution in [0, 0.1) is 11.8 Å². The summed E-state index contributed by atoms with van der Waals surface area (Å²) >= 11 is 0. The molecule has 2 nitrogen and oxygen atoms in total. The molecule has 17 heavy (non-hydrogen) atoms. The second-order valence-electron chi connectivity index (χ2n) is 5.09. The van der Waals surface area contributed by atoms with Crippen molar-refractivity contribution in [3.63, 3.8) is 0 Å². The van der Waals surface area contributed by atoms with Gasteiger partial charge in [0.2, 0.25) is 0 Å². The van der Waals surface area contributed by atoms with Crippen LogP contribution in [0.4, 0.5) is 0 Å². The first-order valence-electron chi connectivity index (χ1n) is 6.38. The maximum atomic E-state index is 5.17. The van der Waals surface area contributed by atoms with Gasteiger partial charge in [0.25, 0.3) is 0 Å². The zero-order valence-electron chi connectivity index (χ0n) is 11.7. The van der Waals surface area contributed by atoms with Gasteiger partial charge in [-0.25, -0.2) is 0 Å². The second-order valence-corrected chi connectivity index (χ2v) is 5.09. The largest absolute Gasteiger partial charge is 0.497 e. The number of ether oxygens (including phenoxy) is 1. The lowest BCUT2D eigenvalue weighted by molar-refractivity contribution is 0.314. The molecule has 96 valence electrons. The Morgan fingerprint density at radius 1 is 1.12 bits per heavy atom. The highest BCUT2D eigenvalue weighted by Gasteiger charge is 2.18. The van der Waals surface area contributed by atoms with Gasteiger partial charge in [-0.05, 0) is 43.0 Å². The van der Waals surface area contributed by atoms with Crippen LogP contribution < -0.4 is 10.1 Å². The highest BCUT2D eigenvalue weighted by atomic mass is 16.5. The van der Waals surface area contributed by atoms with Crippen molar-refractivity contribution in [1.29, 1.82) is 0 Å². The van der Waals surface area contributed by atoms with Crippen molar-refractivity contribution in [2.45, 2.75) is 33.2 Å². The molecule has 0 spiro atoms. The first kappa shape index (κ1) is 14.0. The van der Waals surface area contributed by atoms with E-state index >= 15 is 0 Å². The Hall–Kier alpha value is -1.02. The van der Waals surface area contributed by atoms with Crippen LogP contribution in [0.5, 0.6) is 5.75 Å². The zero-order chi connectivity index (χ0) is 12.8. The number of methoxy groups -OCH3 is 1. The third-order valence-electron chi connectivity index (χ3n) is 3.38. The van der Waals surface area contributed by atoms with E-state index in [0.29, 0.717) is 17.9 Å². The predicted octanol–water partition coefficient (Wildman–Crippen LogP) is 3.12. The molecule has 2 heteroatoms. The summed E-state index contributed by atoms with van der Waals surface area (Å²) in [6, 6.07) is 8.94. The van der Waals surface area contributed by atoms with Gasteiger partial charge in [-0.1, -0.05) is 32.9 Å². The van der Waals surface area contributed by atoms with E-state index in [-0.39, 0.29) is 0 Å². The zero-order valence-corrected chi connectivity index (χ0v) is 11.7. The number of hydrogen-bond donors (Lipinski definition) is 1. The molecule has 0 amide bonds. The van der Waals surface area contributed by atoms with Gasteiger partial charge in [0, 0.05) is 6.04 Å². The first-order valence-corrected chi connectivity index (χ1v) is 6.38. The molecule has 1 rings (SSSR count). The Bertz CT molecular complexity index is 318. The van der Waals surface area contributed by atoms with Crippen molar-refractivity contribution in [2.75, 3.05) is 14.2 Å². The summed E-state index contributed by atoms with van der Waals surface area (Å²) in [5, 5.41) is 3.42. The van der Waals surface area contributed by atoms with Crippen molar-refractivity contribution < 1.29 is 4.74 Å². The summed E-state index contributed by atoms with van der Waals surface area (Å²) in [6.07, 6.45) is 1.10. The quantitative estimate of drug-likeness (QED) is 0.818. The summed E-state index contributed by atoms with van der Waals surface area (Å²) in [7, 11) is 3.75. The SMILES string of the molecule is CNC(C(C)C)C(C)Cc1ccc(OC)cc1. The minimum Gasteiger partial charge on any atom is -0.497 e. The molecule has 0 fully saturated rings. The lowest BCUT2D eigenvalue weighted by Crippen LogP contribution is -2.37. The molecular weight excluding hydrogens is 210 g/mol. The molecule has 0 bridgehead atoms. The van der Waals surface area contributed by atoms with Crippen LogP contribution in [-0.2, 0) is 6.42 Å². The molecule has 1 aromatic rings. The van der Waals surface area contributed by atoms with Crippen LogP contribution in [0.2, 0.25) is 0 Å². The highest BCUT2D eigenvalue weighted by Crippen LogP contribution is 2.19. The van der Waals surface area contributed by atoms with E-state index < -0.39 is 0 Å². The van der Waals surface area contributed by atoms with Crippen LogP contribution in [0.25, 0.3) is 0 Å². The van der Waals surface area contributed by atoms with E-state index in [0.717, 1.165) is 12.2 Å². The van der Waals surface area contributed by atoms with Gasteiger partial charge in [0.15, 0.2) is 0 Å². The van der Waals surface area contributed by atoms with E-state index in [9.17, 15) is 0 Å². The van der Waals surface area contributed by atoms with Crippen LogP contribution in [0.3, 0.4) is 0 Å². The maximum absolute atomic E-state index is 5.17. The Morgan fingerprint density at radius 2 is 1.71 bits per heavy atom. The third-order valence-corrected chi connectivity index (χ3v) is 3.38. The lowest BCUT2D eigenvalue weighted by atomic mass is 9.87. The third kappa shape index (κ3) is 4.04. The van der Waals surface area contributed by atoms with Crippen LogP contribution in [-0.4, -0.2) is 20.2 Å². The normalized spacial score (nSPS) is 14.7. The van der Waals surface area contributed by atoms with Gasteiger partial charge in [-0.15, -0.1) is 0 Å². The number of nitrogens with one attached hydrogen (secondary N) is 1. The summed E-state index contributed by atoms with van der Waals surface area (Å²) in [5.41, 5.74) is 1.37. The average Bonchev–Trinajstić information content (AvgIpc) is 2.30. The van der Waals surface area contributed by atoms with Gasteiger partial charge in [-0.3, -0.25) is 0 Å². The topological polar surface area (TPSA) is 21.3 Å². The van der Waals surface area contributed by atoms with Crippen molar-refractivity contribution in [3.8, 4) is 5.75 Å². The Morgan fingerprint density at radius 3 is 2.12 bits per heavy atom. The summed E-state index contributed by atoms with van der Waals surface area (Å²) in [6.45, 7) is 6.85. The first-order chi connectivity index (χ1) is 8.08. The fourth-order valence-electron chi connectivity index (χ4n) is 2.54. The second kappa shape index (κ2) is 6.65. The van der Waals surface area contributed by atoms with E-state index in [1.165, 1.54) is 5.56 Å². The predicted molar refractivity (Wildman–Crippen MR) is 73.5 cm³/mol. The monoisotopic (exact) mass is 235 g/mol. The smallest absolute Gasteiger partial charge is 0.118 e. The average molecular weight is 235 g/mol. The minimum absolute atomic E-state index is 0.567. The molecule has 0 heterocycles. The Kier molecular flexibility index (Phi) is 5.49. The minimum atomic E-state index is 0.567. The molecular formula is C15H25NO. The fraction of sp³-hybridized carbons (Fsp3) is 0.600. The van der Waals surface area contributed by atoms with E-state index in [2.05, 4.69) is 45.3 Å². The molecule has 0 saturated carbocycles. The maximum Gasteiger partial charge on any atom is 0.118 e. The van der Waals surface area contributed by atoms with Crippen LogP contribution >= 0.6 is 0 Å². The van der Waals surface area contributed by atoms with E-state index in [4.69, 9.17) is 4.74 Å². The number of rotatable bonds is 6.